The minimum absolute atomic E-state index is 0.0628. The summed E-state index contributed by atoms with van der Waals surface area (Å²) in [5, 5.41) is 5.44. The summed E-state index contributed by atoms with van der Waals surface area (Å²) >= 11 is 0. The molecule has 2 N–H and O–H groups in total. The van der Waals surface area contributed by atoms with Crippen molar-refractivity contribution in [2.45, 2.75) is 44.6 Å². The standard InChI is InChI=1S/C16H21FN2O2/c17-13-7-5-12(6-8-13)3-1-2-4-15(20)18-11-16(21)19-14-9-10-14/h5-8,14H,1-4,9-11H2,(H,18,20)(H,19,21). The summed E-state index contributed by atoms with van der Waals surface area (Å²) in [6.07, 6.45) is 4.96. The fourth-order valence-corrected chi connectivity index (χ4v) is 2.04. The summed E-state index contributed by atoms with van der Waals surface area (Å²) in [6, 6.07) is 6.74. The van der Waals surface area contributed by atoms with Gasteiger partial charge < -0.3 is 10.6 Å². The minimum atomic E-state index is -0.234. The van der Waals surface area contributed by atoms with Crippen LogP contribution in [0.2, 0.25) is 0 Å². The molecule has 0 unspecified atom stereocenters. The summed E-state index contributed by atoms with van der Waals surface area (Å²) < 4.78 is 12.7. The maximum absolute atomic E-state index is 12.7. The molecule has 114 valence electrons. The average Bonchev–Trinajstić information content (AvgIpc) is 3.27. The van der Waals surface area contributed by atoms with Gasteiger partial charge in [-0.25, -0.2) is 4.39 Å². The number of hydrogen-bond donors (Lipinski definition) is 2. The second kappa shape index (κ2) is 7.76. The van der Waals surface area contributed by atoms with Crippen molar-refractivity contribution in [3.05, 3.63) is 35.6 Å². The van der Waals surface area contributed by atoms with Gasteiger partial charge in [0.25, 0.3) is 0 Å². The molecule has 0 atom stereocenters. The summed E-state index contributed by atoms with van der Waals surface area (Å²) in [5.74, 6) is -0.445. The van der Waals surface area contributed by atoms with Crippen LogP contribution in [0.15, 0.2) is 24.3 Å². The maximum atomic E-state index is 12.7. The zero-order valence-electron chi connectivity index (χ0n) is 12.0. The van der Waals surface area contributed by atoms with Crippen LogP contribution in [0.5, 0.6) is 0 Å². The predicted molar refractivity (Wildman–Crippen MR) is 78.1 cm³/mol. The molecule has 1 saturated carbocycles. The van der Waals surface area contributed by atoms with Crippen LogP contribution in [0.4, 0.5) is 4.39 Å². The predicted octanol–water partition coefficient (Wildman–Crippen LogP) is 1.93. The second-order valence-corrected chi connectivity index (χ2v) is 5.45. The van der Waals surface area contributed by atoms with Gasteiger partial charge in [0.2, 0.25) is 11.8 Å². The highest BCUT2D eigenvalue weighted by Crippen LogP contribution is 2.18. The third kappa shape index (κ3) is 6.38. The summed E-state index contributed by atoms with van der Waals surface area (Å²) in [7, 11) is 0. The molecule has 0 saturated heterocycles. The van der Waals surface area contributed by atoms with E-state index in [1.807, 2.05) is 0 Å². The molecule has 4 nitrogen and oxygen atoms in total. The van der Waals surface area contributed by atoms with Crippen molar-refractivity contribution in [1.82, 2.24) is 10.6 Å². The highest BCUT2D eigenvalue weighted by Gasteiger charge is 2.22. The maximum Gasteiger partial charge on any atom is 0.239 e. The number of carbonyl (C=O) groups excluding carboxylic acids is 2. The summed E-state index contributed by atoms with van der Waals surface area (Å²) in [6.45, 7) is 0.0628. The first kappa shape index (κ1) is 15.5. The highest BCUT2D eigenvalue weighted by molar-refractivity contribution is 5.84. The van der Waals surface area contributed by atoms with Gasteiger partial charge in [0, 0.05) is 12.5 Å². The van der Waals surface area contributed by atoms with Gasteiger partial charge >= 0.3 is 0 Å². The molecular weight excluding hydrogens is 271 g/mol. The van der Waals surface area contributed by atoms with Crippen molar-refractivity contribution < 1.29 is 14.0 Å². The largest absolute Gasteiger partial charge is 0.352 e. The molecule has 2 amide bonds. The van der Waals surface area contributed by atoms with Crippen LogP contribution in [0.1, 0.15) is 37.7 Å². The van der Waals surface area contributed by atoms with Gasteiger partial charge in [0.05, 0.1) is 6.54 Å². The molecule has 1 aliphatic carbocycles. The topological polar surface area (TPSA) is 58.2 Å². The Hall–Kier alpha value is -1.91. The van der Waals surface area contributed by atoms with Gasteiger partial charge in [-0.1, -0.05) is 12.1 Å². The fourth-order valence-electron chi connectivity index (χ4n) is 2.04. The lowest BCUT2D eigenvalue weighted by molar-refractivity contribution is -0.126. The zero-order chi connectivity index (χ0) is 15.1. The van der Waals surface area contributed by atoms with Gasteiger partial charge in [-0.3, -0.25) is 9.59 Å². The van der Waals surface area contributed by atoms with Gasteiger partial charge in [-0.05, 0) is 49.8 Å². The quantitative estimate of drug-likeness (QED) is 0.719. The highest BCUT2D eigenvalue weighted by atomic mass is 19.1. The van der Waals surface area contributed by atoms with Gasteiger partial charge in [0.15, 0.2) is 0 Å². The molecule has 1 aromatic carbocycles. The van der Waals surface area contributed by atoms with Gasteiger partial charge in [-0.2, -0.15) is 0 Å². The number of hydrogen-bond acceptors (Lipinski definition) is 2. The first-order valence-corrected chi connectivity index (χ1v) is 7.44. The van der Waals surface area contributed by atoms with Crippen LogP contribution >= 0.6 is 0 Å². The Labute approximate surface area is 124 Å². The molecule has 0 aliphatic heterocycles. The molecule has 1 aliphatic rings. The van der Waals surface area contributed by atoms with E-state index in [1.165, 1.54) is 12.1 Å². The van der Waals surface area contributed by atoms with E-state index >= 15 is 0 Å². The third-order valence-corrected chi connectivity index (χ3v) is 3.42. The van der Waals surface area contributed by atoms with E-state index in [-0.39, 0.29) is 24.2 Å². The number of unbranched alkanes of at least 4 members (excludes halogenated alkanes) is 1. The van der Waals surface area contributed by atoms with Crippen molar-refractivity contribution in [3.8, 4) is 0 Å². The number of halogens is 1. The van der Waals surface area contributed by atoms with E-state index in [2.05, 4.69) is 10.6 Å². The Kier molecular flexibility index (Phi) is 5.72. The van der Waals surface area contributed by atoms with Crippen molar-refractivity contribution in [2.75, 3.05) is 6.54 Å². The minimum Gasteiger partial charge on any atom is -0.352 e. The van der Waals surface area contributed by atoms with Crippen LogP contribution in [0.25, 0.3) is 0 Å². The Morgan fingerprint density at radius 3 is 2.48 bits per heavy atom. The smallest absolute Gasteiger partial charge is 0.239 e. The number of rotatable bonds is 8. The lowest BCUT2D eigenvalue weighted by Crippen LogP contribution is -2.37. The lowest BCUT2D eigenvalue weighted by Gasteiger charge is -2.06. The number of carbonyl (C=O) groups is 2. The van der Waals surface area contributed by atoms with Crippen LogP contribution in [-0.2, 0) is 16.0 Å². The monoisotopic (exact) mass is 292 g/mol. The number of nitrogens with one attached hydrogen (secondary N) is 2. The van der Waals surface area contributed by atoms with Crippen LogP contribution < -0.4 is 10.6 Å². The molecule has 21 heavy (non-hydrogen) atoms. The summed E-state index contributed by atoms with van der Waals surface area (Å²) in [5.41, 5.74) is 1.07. The fraction of sp³-hybridized carbons (Fsp3) is 0.500. The molecule has 0 radical (unpaired) electrons. The molecule has 2 rings (SSSR count). The van der Waals surface area contributed by atoms with E-state index in [0.29, 0.717) is 12.5 Å². The molecule has 0 aromatic heterocycles. The first-order valence-electron chi connectivity index (χ1n) is 7.44. The normalized spacial score (nSPS) is 13.8. The molecular formula is C16H21FN2O2. The van der Waals surface area contributed by atoms with Crippen molar-refractivity contribution >= 4 is 11.8 Å². The Bertz CT molecular complexity index is 484. The summed E-state index contributed by atoms with van der Waals surface area (Å²) in [4.78, 5) is 22.9. The van der Waals surface area contributed by atoms with Crippen molar-refractivity contribution in [3.63, 3.8) is 0 Å². The molecule has 0 spiro atoms. The zero-order valence-corrected chi connectivity index (χ0v) is 12.0. The molecule has 5 heteroatoms. The molecule has 0 heterocycles. The van der Waals surface area contributed by atoms with Crippen molar-refractivity contribution in [2.24, 2.45) is 0 Å². The van der Waals surface area contributed by atoms with E-state index in [4.69, 9.17) is 0 Å². The van der Waals surface area contributed by atoms with Crippen molar-refractivity contribution in [1.29, 1.82) is 0 Å². The number of aryl methyl sites for hydroxylation is 1. The van der Waals surface area contributed by atoms with E-state index in [1.54, 1.807) is 12.1 Å². The van der Waals surface area contributed by atoms with E-state index in [0.717, 1.165) is 37.7 Å². The molecule has 0 bridgehead atoms. The SMILES string of the molecule is O=C(CCCCc1ccc(F)cc1)NCC(=O)NC1CC1. The lowest BCUT2D eigenvalue weighted by atomic mass is 10.1. The van der Waals surface area contributed by atoms with Gasteiger partial charge in [0.1, 0.15) is 5.82 Å². The van der Waals surface area contributed by atoms with Crippen LogP contribution in [-0.4, -0.2) is 24.4 Å². The van der Waals surface area contributed by atoms with Crippen LogP contribution in [0.3, 0.4) is 0 Å². The average molecular weight is 292 g/mol. The Balaban J connectivity index is 1.52. The third-order valence-electron chi connectivity index (χ3n) is 3.42. The number of amides is 2. The Morgan fingerprint density at radius 1 is 1.10 bits per heavy atom. The van der Waals surface area contributed by atoms with Crippen LogP contribution in [0, 0.1) is 5.82 Å². The molecule has 1 fully saturated rings. The molecule has 1 aromatic rings. The first-order chi connectivity index (χ1) is 10.1. The van der Waals surface area contributed by atoms with Gasteiger partial charge in [-0.15, -0.1) is 0 Å². The van der Waals surface area contributed by atoms with E-state index < -0.39 is 0 Å². The Morgan fingerprint density at radius 2 is 1.81 bits per heavy atom. The number of benzene rings is 1. The van der Waals surface area contributed by atoms with E-state index in [9.17, 15) is 14.0 Å². The second-order valence-electron chi connectivity index (χ2n) is 5.45.